The molecule has 1 saturated heterocycles. The quantitative estimate of drug-likeness (QED) is 0.596. The highest BCUT2D eigenvalue weighted by molar-refractivity contribution is 5.54. The Morgan fingerprint density at radius 1 is 1.11 bits per heavy atom. The van der Waals surface area contributed by atoms with Crippen molar-refractivity contribution in [3.05, 3.63) is 72.1 Å². The molecule has 2 heterocycles. The molecule has 0 aliphatic carbocycles. The van der Waals surface area contributed by atoms with Crippen molar-refractivity contribution in [2.75, 3.05) is 13.7 Å². The lowest BCUT2D eigenvalue weighted by Gasteiger charge is -2.23. The number of nitrogens with zero attached hydrogens (tertiary/aromatic N) is 2. The number of ether oxygens (including phenoxy) is 1. The summed E-state index contributed by atoms with van der Waals surface area (Å²) >= 11 is 0. The van der Waals surface area contributed by atoms with Crippen molar-refractivity contribution in [2.45, 2.75) is 38.3 Å². The minimum atomic E-state index is 0.631. The molecular formula is C23H26N2O2. The Bertz CT molecular complexity index is 842. The van der Waals surface area contributed by atoms with Gasteiger partial charge in [0.2, 0.25) is 5.89 Å². The van der Waals surface area contributed by atoms with Gasteiger partial charge >= 0.3 is 0 Å². The largest absolute Gasteiger partial charge is 0.497 e. The first-order valence-electron chi connectivity index (χ1n) is 9.68. The van der Waals surface area contributed by atoms with Crippen molar-refractivity contribution >= 4 is 0 Å². The Morgan fingerprint density at radius 2 is 1.93 bits per heavy atom. The average molecular weight is 362 g/mol. The molecule has 0 spiro atoms. The van der Waals surface area contributed by atoms with Gasteiger partial charge < -0.3 is 9.15 Å². The Labute approximate surface area is 160 Å². The third-order valence-electron chi connectivity index (χ3n) is 5.36. The lowest BCUT2D eigenvalue weighted by Crippen LogP contribution is -2.29. The van der Waals surface area contributed by atoms with Gasteiger partial charge in [-0.25, -0.2) is 4.98 Å². The molecule has 0 N–H and O–H groups in total. The van der Waals surface area contributed by atoms with E-state index in [-0.39, 0.29) is 0 Å². The van der Waals surface area contributed by atoms with E-state index in [1.165, 1.54) is 24.8 Å². The van der Waals surface area contributed by atoms with Crippen LogP contribution in [0.5, 0.6) is 5.75 Å². The van der Waals surface area contributed by atoms with Gasteiger partial charge in [0.25, 0.3) is 0 Å². The third kappa shape index (κ3) is 4.40. The fourth-order valence-corrected chi connectivity index (χ4v) is 3.86. The molecule has 2 aromatic carbocycles. The number of hydrogen-bond acceptors (Lipinski definition) is 4. The molecule has 4 rings (SSSR count). The maximum Gasteiger partial charge on any atom is 0.226 e. The summed E-state index contributed by atoms with van der Waals surface area (Å²) in [5, 5.41) is 0. The first-order valence-corrected chi connectivity index (χ1v) is 9.68. The van der Waals surface area contributed by atoms with Crippen LogP contribution in [0.1, 0.15) is 30.5 Å². The lowest BCUT2D eigenvalue weighted by molar-refractivity contribution is 0.232. The summed E-state index contributed by atoms with van der Waals surface area (Å²) in [4.78, 5) is 7.26. The van der Waals surface area contributed by atoms with E-state index in [1.807, 2.05) is 24.3 Å². The van der Waals surface area contributed by atoms with Crippen LogP contribution in [0.25, 0.3) is 11.5 Å². The first-order chi connectivity index (χ1) is 13.3. The Balaban J connectivity index is 1.37. The van der Waals surface area contributed by atoms with Crippen LogP contribution in [0.2, 0.25) is 0 Å². The number of aryl methyl sites for hydroxylation is 1. The molecule has 3 aromatic rings. The van der Waals surface area contributed by atoms with Crippen LogP contribution in [-0.2, 0) is 13.0 Å². The molecule has 0 unspecified atom stereocenters. The van der Waals surface area contributed by atoms with E-state index < -0.39 is 0 Å². The number of methoxy groups -OCH3 is 1. The normalized spacial score (nSPS) is 17.3. The van der Waals surface area contributed by atoms with Crippen molar-refractivity contribution in [3.8, 4) is 17.2 Å². The van der Waals surface area contributed by atoms with E-state index in [0.717, 1.165) is 36.5 Å². The summed E-state index contributed by atoms with van der Waals surface area (Å²) in [6, 6.07) is 19.2. The molecular weight excluding hydrogens is 336 g/mol. The first kappa shape index (κ1) is 17.8. The van der Waals surface area contributed by atoms with E-state index in [4.69, 9.17) is 14.1 Å². The van der Waals surface area contributed by atoms with Gasteiger partial charge in [-0.3, -0.25) is 4.90 Å². The highest BCUT2D eigenvalue weighted by Crippen LogP contribution is 2.26. The summed E-state index contributed by atoms with van der Waals surface area (Å²) in [5.74, 6) is 1.51. The maximum atomic E-state index is 5.72. The number of oxazole rings is 1. The zero-order valence-corrected chi connectivity index (χ0v) is 15.8. The van der Waals surface area contributed by atoms with Gasteiger partial charge in [0.15, 0.2) is 0 Å². The van der Waals surface area contributed by atoms with Crippen molar-refractivity contribution in [1.82, 2.24) is 9.88 Å². The Kier molecular flexibility index (Phi) is 5.54. The number of aromatic nitrogens is 1. The molecule has 4 nitrogen and oxygen atoms in total. The molecule has 1 aliphatic rings. The Hall–Kier alpha value is -2.59. The third-order valence-corrected chi connectivity index (χ3v) is 5.36. The molecule has 1 fully saturated rings. The second-order valence-corrected chi connectivity index (χ2v) is 7.16. The number of likely N-dealkylation sites (tertiary alicyclic amines) is 1. The fourth-order valence-electron chi connectivity index (χ4n) is 3.86. The lowest BCUT2D eigenvalue weighted by atomic mass is 10.0. The van der Waals surface area contributed by atoms with Gasteiger partial charge in [0, 0.05) is 18.2 Å². The van der Waals surface area contributed by atoms with Gasteiger partial charge in [-0.15, -0.1) is 0 Å². The van der Waals surface area contributed by atoms with Crippen molar-refractivity contribution < 1.29 is 9.15 Å². The van der Waals surface area contributed by atoms with E-state index in [9.17, 15) is 0 Å². The number of hydrogen-bond donors (Lipinski definition) is 0. The fraction of sp³-hybridized carbons (Fsp3) is 0.348. The summed E-state index contributed by atoms with van der Waals surface area (Å²) < 4.78 is 10.9. The average Bonchev–Trinajstić information content (AvgIpc) is 3.37. The van der Waals surface area contributed by atoms with E-state index in [2.05, 4.69) is 35.2 Å². The van der Waals surface area contributed by atoms with Gasteiger partial charge in [0.05, 0.1) is 12.8 Å². The Morgan fingerprint density at radius 3 is 2.70 bits per heavy atom. The molecule has 0 bridgehead atoms. The maximum absolute atomic E-state index is 5.72. The highest BCUT2D eigenvalue weighted by atomic mass is 16.5. The molecule has 140 valence electrons. The summed E-state index contributed by atoms with van der Waals surface area (Å²) in [7, 11) is 1.67. The van der Waals surface area contributed by atoms with E-state index in [1.54, 1.807) is 13.4 Å². The van der Waals surface area contributed by atoms with Gasteiger partial charge in [-0.2, -0.15) is 0 Å². The molecule has 4 heteroatoms. The minimum absolute atomic E-state index is 0.631. The zero-order chi connectivity index (χ0) is 18.5. The minimum Gasteiger partial charge on any atom is -0.497 e. The summed E-state index contributed by atoms with van der Waals surface area (Å²) in [6.45, 7) is 2.00. The van der Waals surface area contributed by atoms with Crippen LogP contribution in [0.4, 0.5) is 0 Å². The molecule has 1 aromatic heterocycles. The molecule has 0 amide bonds. The number of rotatable bonds is 7. The topological polar surface area (TPSA) is 38.5 Å². The standard InChI is InChI=1S/C23H26N2O2/c1-26-22-13-10-19(11-14-22)23-24-20(17-27-23)16-25-15-5-8-21(25)12-9-18-6-3-2-4-7-18/h2-4,6-7,10-11,13-14,17,21H,5,8-9,12,15-16H2,1H3/t21-/m1/s1. The SMILES string of the molecule is COc1ccc(-c2nc(CN3CCC[C@@H]3CCc3ccccc3)co2)cc1. The van der Waals surface area contributed by atoms with Crippen molar-refractivity contribution in [1.29, 1.82) is 0 Å². The molecule has 0 saturated carbocycles. The molecule has 1 atom stereocenters. The van der Waals surface area contributed by atoms with Crippen LogP contribution in [0.3, 0.4) is 0 Å². The van der Waals surface area contributed by atoms with Crippen molar-refractivity contribution in [3.63, 3.8) is 0 Å². The van der Waals surface area contributed by atoms with Crippen LogP contribution in [0, 0.1) is 0 Å². The van der Waals surface area contributed by atoms with Crippen LogP contribution < -0.4 is 4.74 Å². The molecule has 0 radical (unpaired) electrons. The monoisotopic (exact) mass is 362 g/mol. The van der Waals surface area contributed by atoms with Crippen molar-refractivity contribution in [2.24, 2.45) is 0 Å². The zero-order valence-electron chi connectivity index (χ0n) is 15.8. The molecule has 27 heavy (non-hydrogen) atoms. The van der Waals surface area contributed by atoms with Gasteiger partial charge in [-0.05, 0) is 62.1 Å². The van der Waals surface area contributed by atoms with Crippen LogP contribution >= 0.6 is 0 Å². The highest BCUT2D eigenvalue weighted by Gasteiger charge is 2.25. The predicted molar refractivity (Wildman–Crippen MR) is 107 cm³/mol. The predicted octanol–water partition coefficient (Wildman–Crippen LogP) is 4.95. The summed E-state index contributed by atoms with van der Waals surface area (Å²) in [6.07, 6.45) is 6.68. The summed E-state index contributed by atoms with van der Waals surface area (Å²) in [5.41, 5.74) is 3.41. The van der Waals surface area contributed by atoms with Gasteiger partial charge in [-0.1, -0.05) is 30.3 Å². The smallest absolute Gasteiger partial charge is 0.226 e. The number of benzene rings is 2. The molecule has 1 aliphatic heterocycles. The second kappa shape index (κ2) is 8.40. The van der Waals surface area contributed by atoms with E-state index in [0.29, 0.717) is 11.9 Å². The second-order valence-electron chi connectivity index (χ2n) is 7.16. The van der Waals surface area contributed by atoms with E-state index >= 15 is 0 Å². The van der Waals surface area contributed by atoms with Crippen LogP contribution in [0.15, 0.2) is 65.3 Å². The van der Waals surface area contributed by atoms with Crippen LogP contribution in [-0.4, -0.2) is 29.6 Å². The van der Waals surface area contributed by atoms with Gasteiger partial charge in [0.1, 0.15) is 12.0 Å².